The molecule has 2 aliphatic rings. The van der Waals surface area contributed by atoms with Gasteiger partial charge in [-0.1, -0.05) is 6.07 Å². The summed E-state index contributed by atoms with van der Waals surface area (Å²) in [6.45, 7) is 3.74. The van der Waals surface area contributed by atoms with E-state index in [1.807, 2.05) is 11.0 Å². The Bertz CT molecular complexity index is 514. The number of nitrogens with one attached hydrogen (secondary N) is 1. The number of fused-ring (bicyclic) bond motifs is 1. The van der Waals surface area contributed by atoms with Crippen molar-refractivity contribution in [2.75, 3.05) is 26.2 Å². The van der Waals surface area contributed by atoms with Crippen LogP contribution in [0.3, 0.4) is 0 Å². The van der Waals surface area contributed by atoms with Crippen LogP contribution in [0.15, 0.2) is 18.2 Å². The van der Waals surface area contributed by atoms with E-state index in [1.165, 1.54) is 11.1 Å². The van der Waals surface area contributed by atoms with Gasteiger partial charge in [0.15, 0.2) is 0 Å². The van der Waals surface area contributed by atoms with Crippen molar-refractivity contribution in [3.8, 4) is 0 Å². The van der Waals surface area contributed by atoms with E-state index < -0.39 is 0 Å². The fourth-order valence-electron chi connectivity index (χ4n) is 3.46. The largest absolute Gasteiger partial charge is 0.396 e. The molecule has 2 N–H and O–H groups in total. The number of piperidine rings is 1. The van der Waals surface area contributed by atoms with Crippen LogP contribution in [0.25, 0.3) is 0 Å². The summed E-state index contributed by atoms with van der Waals surface area (Å²) in [6.07, 6.45) is 4.02. The molecule has 114 valence electrons. The number of aliphatic hydroxyl groups excluding tert-OH is 1. The Morgan fingerprint density at radius 2 is 2.29 bits per heavy atom. The molecule has 0 aromatic heterocycles. The second kappa shape index (κ2) is 6.58. The third kappa shape index (κ3) is 3.27. The van der Waals surface area contributed by atoms with Gasteiger partial charge in [-0.3, -0.25) is 4.79 Å². The van der Waals surface area contributed by atoms with Gasteiger partial charge in [0, 0.05) is 31.8 Å². The highest BCUT2D eigenvalue weighted by molar-refractivity contribution is 5.94. The van der Waals surface area contributed by atoms with Crippen LogP contribution in [-0.4, -0.2) is 42.2 Å². The zero-order chi connectivity index (χ0) is 14.7. The summed E-state index contributed by atoms with van der Waals surface area (Å²) in [5.41, 5.74) is 3.43. The summed E-state index contributed by atoms with van der Waals surface area (Å²) in [5.74, 6) is 0.595. The molecule has 4 heteroatoms. The molecule has 1 unspecified atom stereocenters. The first-order chi connectivity index (χ1) is 10.3. The van der Waals surface area contributed by atoms with E-state index in [0.717, 1.165) is 57.4 Å². The van der Waals surface area contributed by atoms with Crippen LogP contribution in [-0.2, 0) is 13.0 Å². The zero-order valence-electron chi connectivity index (χ0n) is 12.5. The minimum absolute atomic E-state index is 0.144. The van der Waals surface area contributed by atoms with Crippen molar-refractivity contribution in [2.24, 2.45) is 5.92 Å². The summed E-state index contributed by atoms with van der Waals surface area (Å²) >= 11 is 0. The minimum atomic E-state index is 0.144. The first-order valence-corrected chi connectivity index (χ1v) is 8.00. The lowest BCUT2D eigenvalue weighted by molar-refractivity contribution is 0.0653. The molecule has 2 heterocycles. The van der Waals surface area contributed by atoms with Crippen molar-refractivity contribution >= 4 is 5.91 Å². The molecule has 21 heavy (non-hydrogen) atoms. The molecule has 1 atom stereocenters. The monoisotopic (exact) mass is 288 g/mol. The van der Waals surface area contributed by atoms with E-state index in [0.29, 0.717) is 5.92 Å². The number of carbonyl (C=O) groups is 1. The van der Waals surface area contributed by atoms with Crippen molar-refractivity contribution in [2.45, 2.75) is 32.2 Å². The molecule has 3 rings (SSSR count). The molecule has 1 aromatic rings. The molecular formula is C17H24N2O2. The molecule has 1 aromatic carbocycles. The third-order valence-corrected chi connectivity index (χ3v) is 4.68. The zero-order valence-corrected chi connectivity index (χ0v) is 12.5. The number of hydrogen-bond acceptors (Lipinski definition) is 3. The Morgan fingerprint density at radius 3 is 3.14 bits per heavy atom. The maximum absolute atomic E-state index is 12.7. The van der Waals surface area contributed by atoms with Crippen LogP contribution in [0.2, 0.25) is 0 Å². The molecule has 0 spiro atoms. The summed E-state index contributed by atoms with van der Waals surface area (Å²) in [5, 5.41) is 12.4. The summed E-state index contributed by atoms with van der Waals surface area (Å²) in [6, 6.07) is 6.14. The second-order valence-corrected chi connectivity index (χ2v) is 6.18. The van der Waals surface area contributed by atoms with Gasteiger partial charge in [-0.05, 0) is 61.4 Å². The van der Waals surface area contributed by atoms with Crippen molar-refractivity contribution < 1.29 is 9.90 Å². The van der Waals surface area contributed by atoms with Crippen LogP contribution < -0.4 is 5.32 Å². The van der Waals surface area contributed by atoms with Crippen LogP contribution in [0.1, 0.15) is 40.7 Å². The Kier molecular flexibility index (Phi) is 4.56. The highest BCUT2D eigenvalue weighted by Gasteiger charge is 2.24. The van der Waals surface area contributed by atoms with Gasteiger partial charge in [0.2, 0.25) is 0 Å². The SMILES string of the molecule is O=C(c1ccc2c(c1)CNCC2)N1CCCC(CCO)C1. The molecule has 1 saturated heterocycles. The summed E-state index contributed by atoms with van der Waals surface area (Å²) in [4.78, 5) is 14.6. The normalized spacial score (nSPS) is 22.0. The third-order valence-electron chi connectivity index (χ3n) is 4.68. The summed E-state index contributed by atoms with van der Waals surface area (Å²) in [7, 11) is 0. The van der Waals surface area contributed by atoms with Gasteiger partial charge in [0.1, 0.15) is 0 Å². The predicted molar refractivity (Wildman–Crippen MR) is 82.2 cm³/mol. The summed E-state index contributed by atoms with van der Waals surface area (Å²) < 4.78 is 0. The molecule has 0 saturated carbocycles. The lowest BCUT2D eigenvalue weighted by atomic mass is 9.94. The number of likely N-dealkylation sites (tertiary alicyclic amines) is 1. The van der Waals surface area contributed by atoms with E-state index in [2.05, 4.69) is 17.4 Å². The number of amides is 1. The van der Waals surface area contributed by atoms with Crippen LogP contribution in [0.4, 0.5) is 0 Å². The van der Waals surface area contributed by atoms with E-state index >= 15 is 0 Å². The Hall–Kier alpha value is -1.39. The number of aliphatic hydroxyl groups is 1. The predicted octanol–water partition coefficient (Wildman–Crippen LogP) is 1.57. The van der Waals surface area contributed by atoms with Crippen molar-refractivity contribution in [1.82, 2.24) is 10.2 Å². The first kappa shape index (κ1) is 14.5. The van der Waals surface area contributed by atoms with Gasteiger partial charge in [0.05, 0.1) is 0 Å². The molecule has 0 radical (unpaired) electrons. The average Bonchev–Trinajstić information content (AvgIpc) is 2.54. The van der Waals surface area contributed by atoms with Crippen LogP contribution >= 0.6 is 0 Å². The molecule has 1 amide bonds. The molecule has 0 aliphatic carbocycles. The van der Waals surface area contributed by atoms with E-state index in [-0.39, 0.29) is 12.5 Å². The van der Waals surface area contributed by atoms with Gasteiger partial charge in [0.25, 0.3) is 5.91 Å². The van der Waals surface area contributed by atoms with Gasteiger partial charge in [-0.15, -0.1) is 0 Å². The minimum Gasteiger partial charge on any atom is -0.396 e. The van der Waals surface area contributed by atoms with Crippen LogP contribution in [0.5, 0.6) is 0 Å². The van der Waals surface area contributed by atoms with Crippen molar-refractivity contribution in [3.05, 3.63) is 34.9 Å². The molecule has 0 bridgehead atoms. The average molecular weight is 288 g/mol. The van der Waals surface area contributed by atoms with Crippen molar-refractivity contribution in [1.29, 1.82) is 0 Å². The number of rotatable bonds is 3. The van der Waals surface area contributed by atoms with Crippen LogP contribution in [0, 0.1) is 5.92 Å². The van der Waals surface area contributed by atoms with Crippen molar-refractivity contribution in [3.63, 3.8) is 0 Å². The Labute approximate surface area is 126 Å². The lowest BCUT2D eigenvalue weighted by Crippen LogP contribution is -2.40. The standard InChI is InChI=1S/C17H24N2O2/c20-9-6-13-2-1-8-19(12-13)17(21)15-4-3-14-5-7-18-11-16(14)10-15/h3-4,10,13,18,20H,1-2,5-9,11-12H2. The topological polar surface area (TPSA) is 52.6 Å². The van der Waals surface area contributed by atoms with Gasteiger partial charge < -0.3 is 15.3 Å². The number of nitrogens with zero attached hydrogens (tertiary/aromatic N) is 1. The number of benzene rings is 1. The molecule has 4 nitrogen and oxygen atoms in total. The number of carbonyl (C=O) groups excluding carboxylic acids is 1. The van der Waals surface area contributed by atoms with Gasteiger partial charge >= 0.3 is 0 Å². The van der Waals surface area contributed by atoms with Gasteiger partial charge in [-0.25, -0.2) is 0 Å². The maximum Gasteiger partial charge on any atom is 0.253 e. The Morgan fingerprint density at radius 1 is 1.38 bits per heavy atom. The van der Waals surface area contributed by atoms with E-state index in [4.69, 9.17) is 5.11 Å². The highest BCUT2D eigenvalue weighted by Crippen LogP contribution is 2.22. The molecular weight excluding hydrogens is 264 g/mol. The smallest absolute Gasteiger partial charge is 0.253 e. The fraction of sp³-hybridized carbons (Fsp3) is 0.588. The Balaban J connectivity index is 1.72. The lowest BCUT2D eigenvalue weighted by Gasteiger charge is -2.33. The van der Waals surface area contributed by atoms with E-state index in [9.17, 15) is 4.79 Å². The first-order valence-electron chi connectivity index (χ1n) is 8.00. The van der Waals surface area contributed by atoms with Gasteiger partial charge in [-0.2, -0.15) is 0 Å². The fourth-order valence-corrected chi connectivity index (χ4v) is 3.46. The number of hydrogen-bond donors (Lipinski definition) is 2. The second-order valence-electron chi connectivity index (χ2n) is 6.18. The highest BCUT2D eigenvalue weighted by atomic mass is 16.3. The molecule has 1 fully saturated rings. The maximum atomic E-state index is 12.7. The molecule has 2 aliphatic heterocycles. The quantitative estimate of drug-likeness (QED) is 0.887. The van der Waals surface area contributed by atoms with E-state index in [1.54, 1.807) is 0 Å².